The van der Waals surface area contributed by atoms with E-state index in [0.717, 1.165) is 11.8 Å². The van der Waals surface area contributed by atoms with Gasteiger partial charge in [-0.3, -0.25) is 5.10 Å². The highest BCUT2D eigenvalue weighted by Crippen LogP contribution is 2.38. The first-order valence-corrected chi connectivity index (χ1v) is 10.4. The lowest BCUT2D eigenvalue weighted by atomic mass is 10.0. The number of rotatable bonds is 5. The number of halogens is 6. The second-order valence-electron chi connectivity index (χ2n) is 6.31. The van der Waals surface area contributed by atoms with Crippen LogP contribution in [0.3, 0.4) is 0 Å². The van der Waals surface area contributed by atoms with Crippen molar-refractivity contribution in [3.05, 3.63) is 35.4 Å². The Morgan fingerprint density at radius 2 is 1.48 bits per heavy atom. The van der Waals surface area contributed by atoms with Gasteiger partial charge in [-0.15, -0.1) is 0 Å². The van der Waals surface area contributed by atoms with E-state index in [-0.39, 0.29) is 17.0 Å². The van der Waals surface area contributed by atoms with Crippen LogP contribution in [0.1, 0.15) is 11.1 Å². The van der Waals surface area contributed by atoms with Crippen LogP contribution in [0.4, 0.5) is 32.2 Å². The van der Waals surface area contributed by atoms with Gasteiger partial charge in [0.2, 0.25) is 0 Å². The number of nitrogens with one attached hydrogen (secondary N) is 1. The molecule has 6 nitrogen and oxygen atoms in total. The summed E-state index contributed by atoms with van der Waals surface area (Å²) in [5.41, 5.74) is -3.29. The molecule has 31 heavy (non-hydrogen) atoms. The SMILES string of the molecule is CSc1nc(Sc2nc(-c3cc(C(F)(F)F)cc(C(F)(F)F)c3)n[nH]2)cc(N(C)C)n1. The molecule has 14 heteroatoms. The van der Waals surface area contributed by atoms with Crippen LogP contribution in [0.15, 0.2) is 39.6 Å². The van der Waals surface area contributed by atoms with Crippen LogP contribution in [0.5, 0.6) is 0 Å². The smallest absolute Gasteiger partial charge is 0.363 e. The number of nitrogens with zero attached hydrogens (tertiary/aromatic N) is 5. The molecule has 3 aromatic rings. The van der Waals surface area contributed by atoms with Gasteiger partial charge in [0.05, 0.1) is 11.1 Å². The summed E-state index contributed by atoms with van der Waals surface area (Å²) >= 11 is 2.33. The molecule has 0 amide bonds. The molecule has 0 saturated heterocycles. The van der Waals surface area contributed by atoms with Gasteiger partial charge in [-0.1, -0.05) is 11.8 Å². The normalized spacial score (nSPS) is 12.3. The highest BCUT2D eigenvalue weighted by Gasteiger charge is 2.37. The van der Waals surface area contributed by atoms with Gasteiger partial charge in [-0.05, 0) is 36.2 Å². The van der Waals surface area contributed by atoms with Crippen LogP contribution in [0.25, 0.3) is 11.4 Å². The lowest BCUT2D eigenvalue weighted by Crippen LogP contribution is -2.11. The highest BCUT2D eigenvalue weighted by atomic mass is 32.2. The number of H-pyrrole nitrogens is 1. The predicted octanol–water partition coefficient (Wildman–Crippen LogP) is 5.24. The number of aromatic amines is 1. The Morgan fingerprint density at radius 3 is 2.00 bits per heavy atom. The van der Waals surface area contributed by atoms with Gasteiger partial charge in [0, 0.05) is 25.7 Å². The molecule has 0 bridgehead atoms. The fraction of sp³-hybridized carbons (Fsp3) is 0.294. The van der Waals surface area contributed by atoms with Gasteiger partial charge in [0.15, 0.2) is 16.1 Å². The van der Waals surface area contributed by atoms with Crippen LogP contribution >= 0.6 is 23.5 Å². The highest BCUT2D eigenvalue weighted by molar-refractivity contribution is 7.99. The van der Waals surface area contributed by atoms with Gasteiger partial charge >= 0.3 is 12.4 Å². The number of hydrogen-bond acceptors (Lipinski definition) is 7. The average molecular weight is 480 g/mol. The maximum atomic E-state index is 13.1. The fourth-order valence-corrected chi connectivity index (χ4v) is 3.52. The summed E-state index contributed by atoms with van der Waals surface area (Å²) in [5, 5.41) is 7.41. The van der Waals surface area contributed by atoms with E-state index in [1.807, 2.05) is 0 Å². The molecule has 0 saturated carbocycles. The third-order valence-corrected chi connectivity index (χ3v) is 5.16. The van der Waals surface area contributed by atoms with Crippen LogP contribution in [0, 0.1) is 0 Å². The second-order valence-corrected chi connectivity index (χ2v) is 8.09. The fourth-order valence-electron chi connectivity index (χ4n) is 2.37. The van der Waals surface area contributed by atoms with Crippen molar-refractivity contribution >= 4 is 29.3 Å². The van der Waals surface area contributed by atoms with Crippen molar-refractivity contribution in [3.63, 3.8) is 0 Å². The predicted molar refractivity (Wildman–Crippen MR) is 104 cm³/mol. The Labute approximate surface area is 180 Å². The molecule has 0 aliphatic heterocycles. The van der Waals surface area contributed by atoms with Crippen molar-refractivity contribution in [2.24, 2.45) is 0 Å². The van der Waals surface area contributed by atoms with Gasteiger partial charge in [-0.25, -0.2) is 15.0 Å². The minimum Gasteiger partial charge on any atom is -0.363 e. The van der Waals surface area contributed by atoms with E-state index in [9.17, 15) is 26.3 Å². The molecule has 0 fully saturated rings. The van der Waals surface area contributed by atoms with E-state index in [2.05, 4.69) is 25.1 Å². The summed E-state index contributed by atoms with van der Waals surface area (Å²) in [6.07, 6.45) is -8.12. The first-order valence-electron chi connectivity index (χ1n) is 8.37. The molecule has 0 radical (unpaired) electrons. The first kappa shape index (κ1) is 23.2. The zero-order valence-corrected chi connectivity index (χ0v) is 17.8. The quantitative estimate of drug-likeness (QED) is 0.232. The van der Waals surface area contributed by atoms with E-state index < -0.39 is 29.0 Å². The lowest BCUT2D eigenvalue weighted by molar-refractivity contribution is -0.143. The van der Waals surface area contributed by atoms with Crippen molar-refractivity contribution < 1.29 is 26.3 Å². The maximum Gasteiger partial charge on any atom is 0.416 e. The first-order chi connectivity index (χ1) is 14.4. The Hall–Kier alpha value is -2.48. The van der Waals surface area contributed by atoms with Crippen LogP contribution in [0.2, 0.25) is 0 Å². The van der Waals surface area contributed by atoms with Gasteiger partial charge in [-0.2, -0.15) is 31.4 Å². The van der Waals surface area contributed by atoms with E-state index in [1.165, 1.54) is 11.8 Å². The van der Waals surface area contributed by atoms with E-state index >= 15 is 0 Å². The molecule has 2 heterocycles. The van der Waals surface area contributed by atoms with Crippen molar-refractivity contribution in [2.45, 2.75) is 27.7 Å². The Kier molecular flexibility index (Phi) is 6.41. The number of alkyl halides is 6. The third kappa shape index (κ3) is 5.61. The number of hydrogen-bond donors (Lipinski definition) is 1. The Morgan fingerprint density at radius 1 is 0.871 bits per heavy atom. The average Bonchev–Trinajstić information content (AvgIpc) is 3.14. The summed E-state index contributed by atoms with van der Waals surface area (Å²) < 4.78 is 78.5. The summed E-state index contributed by atoms with van der Waals surface area (Å²) in [7, 11) is 3.58. The molecular weight excluding hydrogens is 466 g/mol. The van der Waals surface area contributed by atoms with Crippen molar-refractivity contribution in [3.8, 4) is 11.4 Å². The number of benzene rings is 1. The Balaban J connectivity index is 1.97. The zero-order valence-electron chi connectivity index (χ0n) is 16.1. The third-order valence-electron chi connectivity index (χ3n) is 3.82. The van der Waals surface area contributed by atoms with Crippen LogP contribution in [-0.2, 0) is 12.4 Å². The second kappa shape index (κ2) is 8.57. The molecule has 166 valence electrons. The number of aromatic nitrogens is 5. The summed E-state index contributed by atoms with van der Waals surface area (Å²) in [6.45, 7) is 0. The summed E-state index contributed by atoms with van der Waals surface area (Å²) in [4.78, 5) is 14.4. The van der Waals surface area contributed by atoms with Crippen molar-refractivity contribution in [1.82, 2.24) is 25.1 Å². The molecule has 3 rings (SSSR count). The van der Waals surface area contributed by atoms with Gasteiger partial charge in [0.1, 0.15) is 10.8 Å². The monoisotopic (exact) mass is 480 g/mol. The molecule has 0 unspecified atom stereocenters. The molecular formula is C17H14F6N6S2. The van der Waals surface area contributed by atoms with E-state index in [4.69, 9.17) is 0 Å². The lowest BCUT2D eigenvalue weighted by Gasteiger charge is -2.13. The zero-order chi connectivity index (χ0) is 23.0. The molecule has 1 aromatic carbocycles. The number of anilines is 1. The van der Waals surface area contributed by atoms with Crippen LogP contribution in [-0.4, -0.2) is 45.5 Å². The topological polar surface area (TPSA) is 70.6 Å². The summed E-state index contributed by atoms with van der Waals surface area (Å²) in [5.74, 6) is 0.320. The van der Waals surface area contributed by atoms with Gasteiger partial charge < -0.3 is 4.90 Å². The minimum absolute atomic E-state index is 0.0550. The molecule has 0 spiro atoms. The molecule has 0 atom stereocenters. The maximum absolute atomic E-state index is 13.1. The molecule has 1 N–H and O–H groups in total. The molecule has 0 aliphatic carbocycles. The van der Waals surface area contributed by atoms with Gasteiger partial charge in [0.25, 0.3) is 0 Å². The molecule has 0 aliphatic rings. The summed E-state index contributed by atoms with van der Waals surface area (Å²) in [6, 6.07) is 2.87. The Bertz CT molecular complexity index is 1050. The largest absolute Gasteiger partial charge is 0.416 e. The minimum atomic E-state index is -4.96. The van der Waals surface area contributed by atoms with E-state index in [0.29, 0.717) is 28.1 Å². The van der Waals surface area contributed by atoms with Crippen molar-refractivity contribution in [1.29, 1.82) is 0 Å². The van der Waals surface area contributed by atoms with Crippen molar-refractivity contribution in [2.75, 3.05) is 25.3 Å². The molecule has 2 aromatic heterocycles. The van der Waals surface area contributed by atoms with E-state index in [1.54, 1.807) is 31.3 Å². The standard InChI is InChI=1S/C17H14F6N6S2/c1-29(2)11-7-12(25-14(24-11)30-3)31-15-26-13(27-28-15)8-4-9(16(18,19)20)6-10(5-8)17(21,22)23/h4-7H,1-3H3,(H,26,27,28). The van der Waals surface area contributed by atoms with Crippen LogP contribution < -0.4 is 4.90 Å². The number of thioether (sulfide) groups is 1.